The number of nitrogens with zero attached hydrogens (tertiary/aromatic N) is 3. The van der Waals surface area contributed by atoms with Crippen molar-refractivity contribution >= 4 is 29.2 Å². The van der Waals surface area contributed by atoms with E-state index < -0.39 is 54.2 Å². The van der Waals surface area contributed by atoms with Crippen molar-refractivity contribution in [2.45, 2.75) is 38.5 Å². The van der Waals surface area contributed by atoms with Crippen LogP contribution >= 0.6 is 0 Å². The number of benzene rings is 2. The lowest BCUT2D eigenvalue weighted by Gasteiger charge is -2.44. The number of aryl methyl sites for hydroxylation is 1. The van der Waals surface area contributed by atoms with Crippen molar-refractivity contribution in [1.29, 1.82) is 0 Å². The van der Waals surface area contributed by atoms with E-state index in [0.717, 1.165) is 0 Å². The highest BCUT2D eigenvalue weighted by atomic mass is 19.4. The molecule has 0 aliphatic carbocycles. The van der Waals surface area contributed by atoms with Crippen LogP contribution in [0.5, 0.6) is 0 Å². The molecule has 4 rings (SSSR count). The first-order chi connectivity index (χ1) is 20.4. The summed E-state index contributed by atoms with van der Waals surface area (Å²) in [5, 5.41) is 2.10. The molecule has 3 aromatic rings. The van der Waals surface area contributed by atoms with Gasteiger partial charge in [0, 0.05) is 24.8 Å². The first-order valence-corrected chi connectivity index (χ1v) is 13.7. The van der Waals surface area contributed by atoms with Crippen molar-refractivity contribution in [3.05, 3.63) is 108 Å². The van der Waals surface area contributed by atoms with Gasteiger partial charge in [0.25, 0.3) is 17.6 Å². The van der Waals surface area contributed by atoms with E-state index in [-0.39, 0.29) is 12.1 Å². The van der Waals surface area contributed by atoms with Crippen molar-refractivity contribution in [2.24, 2.45) is 13.0 Å². The van der Waals surface area contributed by atoms with Gasteiger partial charge in [-0.25, -0.2) is 4.57 Å². The Morgan fingerprint density at radius 1 is 0.930 bits per heavy atom. The van der Waals surface area contributed by atoms with Gasteiger partial charge in [-0.2, -0.15) is 13.2 Å². The normalized spacial score (nSPS) is 16.1. The summed E-state index contributed by atoms with van der Waals surface area (Å²) >= 11 is 0. The summed E-state index contributed by atoms with van der Waals surface area (Å²) in [6.07, 6.45) is -0.254. The highest BCUT2D eigenvalue weighted by Gasteiger charge is 2.45. The van der Waals surface area contributed by atoms with Gasteiger partial charge >= 0.3 is 6.18 Å². The first-order valence-electron chi connectivity index (χ1n) is 13.7. The van der Waals surface area contributed by atoms with Crippen LogP contribution in [-0.2, 0) is 27.9 Å². The van der Waals surface area contributed by atoms with Crippen molar-refractivity contribution in [3.63, 3.8) is 0 Å². The Hall–Kier alpha value is -4.80. The lowest BCUT2D eigenvalue weighted by Crippen LogP contribution is -2.60. The Labute approximate surface area is 247 Å². The Morgan fingerprint density at radius 3 is 2.07 bits per heavy atom. The van der Waals surface area contributed by atoms with E-state index in [1.807, 2.05) is 0 Å². The molecule has 1 aromatic heterocycles. The average Bonchev–Trinajstić information content (AvgIpc) is 2.98. The monoisotopic (exact) mass is 593 g/mol. The summed E-state index contributed by atoms with van der Waals surface area (Å²) in [5.41, 5.74) is 1.71. The van der Waals surface area contributed by atoms with Gasteiger partial charge in [-0.1, -0.05) is 74.5 Å². The predicted molar refractivity (Wildman–Crippen MR) is 152 cm³/mol. The molecule has 2 heterocycles. The van der Waals surface area contributed by atoms with E-state index in [0.29, 0.717) is 16.7 Å². The van der Waals surface area contributed by atoms with Crippen LogP contribution in [0.1, 0.15) is 35.3 Å². The van der Waals surface area contributed by atoms with Gasteiger partial charge < -0.3 is 10.2 Å². The fraction of sp³-hybridized carbons (Fsp3) is 0.281. The molecule has 224 valence electrons. The minimum atomic E-state index is -5.13. The number of nitrogens with one attached hydrogen (secondary N) is 1. The second-order valence-electron chi connectivity index (χ2n) is 10.6. The molecule has 1 N–H and O–H groups in total. The second-order valence-corrected chi connectivity index (χ2v) is 10.6. The van der Waals surface area contributed by atoms with Gasteiger partial charge in [-0.3, -0.25) is 24.1 Å². The molecule has 0 radical (unpaired) electrons. The molecule has 1 aliphatic heterocycles. The SMILES string of the molecule is CC(C)C1C(=O)N(C(Cc2ccccc2)C(=O)NCC(=O)C(F)(F)F)C(c2ccccc2)=CN1C(=O)c1cc[n+](C)cc1. The summed E-state index contributed by atoms with van der Waals surface area (Å²) in [6.45, 7) is 2.26. The molecule has 2 atom stereocenters. The van der Waals surface area contributed by atoms with E-state index in [2.05, 4.69) is 5.32 Å². The minimum absolute atomic E-state index is 0.0588. The van der Waals surface area contributed by atoms with Gasteiger partial charge in [0.15, 0.2) is 12.4 Å². The van der Waals surface area contributed by atoms with E-state index >= 15 is 0 Å². The topological polar surface area (TPSA) is 90.7 Å². The third-order valence-corrected chi connectivity index (χ3v) is 7.10. The fourth-order valence-electron chi connectivity index (χ4n) is 4.91. The quantitative estimate of drug-likeness (QED) is 0.384. The van der Waals surface area contributed by atoms with Crippen LogP contribution in [0.2, 0.25) is 0 Å². The van der Waals surface area contributed by atoms with Crippen LogP contribution in [0.25, 0.3) is 5.70 Å². The standard InChI is InChI=1S/C32H31F3N4O4/c1-21(2)28-31(43)39(25(18-22-10-6-4-7-11-22)29(41)36-19-27(40)32(33,34)35)26(23-12-8-5-9-13-23)20-38(28)30(42)24-14-16-37(3)17-15-24/h4-17,20-21,25,28H,18-19H2,1-3H3/p+1. The van der Waals surface area contributed by atoms with Crippen LogP contribution in [0.4, 0.5) is 13.2 Å². The number of ketones is 1. The Bertz CT molecular complexity index is 1510. The average molecular weight is 594 g/mol. The zero-order chi connectivity index (χ0) is 31.3. The number of aromatic nitrogens is 1. The maximum atomic E-state index is 14.4. The van der Waals surface area contributed by atoms with Crippen LogP contribution in [0.3, 0.4) is 0 Å². The zero-order valence-corrected chi connectivity index (χ0v) is 23.9. The molecule has 0 bridgehead atoms. The molecule has 2 aromatic carbocycles. The highest BCUT2D eigenvalue weighted by molar-refractivity contribution is 6.04. The first kappa shape index (κ1) is 31.1. The number of rotatable bonds is 9. The smallest absolute Gasteiger partial charge is 0.347 e. The largest absolute Gasteiger partial charge is 0.451 e. The number of pyridine rings is 1. The molecule has 0 fully saturated rings. The number of hydrogen-bond acceptors (Lipinski definition) is 4. The van der Waals surface area contributed by atoms with Gasteiger partial charge in [-0.05, 0) is 17.0 Å². The molecule has 8 nitrogen and oxygen atoms in total. The Balaban J connectivity index is 1.85. The number of carbonyl (C=O) groups excluding carboxylic acids is 4. The van der Waals surface area contributed by atoms with Crippen LogP contribution in [-0.4, -0.2) is 58.1 Å². The van der Waals surface area contributed by atoms with E-state index in [1.54, 1.807) is 111 Å². The molecule has 3 amide bonds. The van der Waals surface area contributed by atoms with Crippen LogP contribution in [0.15, 0.2) is 91.4 Å². The minimum Gasteiger partial charge on any atom is -0.347 e. The van der Waals surface area contributed by atoms with Crippen LogP contribution < -0.4 is 9.88 Å². The number of Topliss-reactive ketones (excluding diaryl/α,β-unsaturated/α-hetero) is 1. The third kappa shape index (κ3) is 7.17. The Kier molecular flexibility index (Phi) is 9.43. The van der Waals surface area contributed by atoms with E-state index in [4.69, 9.17) is 0 Å². The fourth-order valence-corrected chi connectivity index (χ4v) is 4.91. The molecule has 11 heteroatoms. The summed E-state index contributed by atoms with van der Waals surface area (Å²) in [5.74, 6) is -4.46. The van der Waals surface area contributed by atoms with Crippen molar-refractivity contribution in [2.75, 3.05) is 6.54 Å². The molecule has 1 aliphatic rings. The summed E-state index contributed by atoms with van der Waals surface area (Å²) in [7, 11) is 1.81. The van der Waals surface area contributed by atoms with Gasteiger partial charge in [0.05, 0.1) is 17.8 Å². The molecule has 0 spiro atoms. The van der Waals surface area contributed by atoms with Gasteiger partial charge in [0.1, 0.15) is 19.1 Å². The lowest BCUT2D eigenvalue weighted by molar-refractivity contribution is -0.671. The maximum absolute atomic E-state index is 14.4. The number of hydrogen-bond donors (Lipinski definition) is 1. The molecular formula is C32H32F3N4O4+. The predicted octanol–water partition coefficient (Wildman–Crippen LogP) is 3.68. The molecule has 43 heavy (non-hydrogen) atoms. The number of amides is 3. The Morgan fingerprint density at radius 2 is 1.51 bits per heavy atom. The van der Waals surface area contributed by atoms with Crippen LogP contribution in [0, 0.1) is 5.92 Å². The summed E-state index contributed by atoms with van der Waals surface area (Å²) < 4.78 is 40.6. The molecule has 2 unspecified atom stereocenters. The highest BCUT2D eigenvalue weighted by Crippen LogP contribution is 2.33. The van der Waals surface area contributed by atoms with Crippen molar-refractivity contribution in [3.8, 4) is 0 Å². The van der Waals surface area contributed by atoms with E-state index in [1.165, 1.54) is 16.0 Å². The molecule has 0 saturated heterocycles. The lowest BCUT2D eigenvalue weighted by atomic mass is 9.93. The van der Waals surface area contributed by atoms with E-state index in [9.17, 15) is 32.3 Å². The van der Waals surface area contributed by atoms with Crippen molar-refractivity contribution in [1.82, 2.24) is 15.1 Å². The summed E-state index contributed by atoms with van der Waals surface area (Å²) in [4.78, 5) is 56.1. The molecular weight excluding hydrogens is 561 g/mol. The number of alkyl halides is 3. The zero-order valence-electron chi connectivity index (χ0n) is 23.9. The third-order valence-electron chi connectivity index (χ3n) is 7.10. The number of halogens is 3. The van der Waals surface area contributed by atoms with Crippen molar-refractivity contribution < 1.29 is 36.9 Å². The second kappa shape index (κ2) is 13.0. The maximum Gasteiger partial charge on any atom is 0.451 e. The number of carbonyl (C=O) groups is 4. The van der Waals surface area contributed by atoms with Gasteiger partial charge in [-0.15, -0.1) is 0 Å². The van der Waals surface area contributed by atoms with Gasteiger partial charge in [0.2, 0.25) is 5.91 Å². The molecule has 0 saturated carbocycles. The summed E-state index contributed by atoms with van der Waals surface area (Å²) in [6, 6.07) is 18.2.